The van der Waals surface area contributed by atoms with Crippen LogP contribution in [-0.4, -0.2) is 73.3 Å². The molecule has 0 saturated carbocycles. The number of aryl methyl sites for hydroxylation is 3. The molecule has 10 nitrogen and oxygen atoms in total. The predicted molar refractivity (Wildman–Crippen MR) is 137 cm³/mol. The maximum atomic E-state index is 13.0. The molecule has 1 aromatic heterocycles. The third-order valence-electron chi connectivity index (χ3n) is 7.56. The Morgan fingerprint density at radius 3 is 2.62 bits per heavy atom. The van der Waals surface area contributed by atoms with E-state index in [-0.39, 0.29) is 21.8 Å². The van der Waals surface area contributed by atoms with Gasteiger partial charge in [-0.2, -0.15) is 5.10 Å². The average molecular weight is 533 g/mol. The summed E-state index contributed by atoms with van der Waals surface area (Å²) in [4.78, 5) is 24.8. The third-order valence-corrected chi connectivity index (χ3v) is 9.37. The summed E-state index contributed by atoms with van der Waals surface area (Å²) in [6, 6.07) is 4.17. The Hall–Kier alpha value is -2.76. The minimum atomic E-state index is -3.67. The minimum Gasteiger partial charge on any atom is -0.478 e. The zero-order valence-electron chi connectivity index (χ0n) is 21.7. The molecule has 37 heavy (non-hydrogen) atoms. The molecule has 1 aromatic carbocycles. The summed E-state index contributed by atoms with van der Waals surface area (Å²) in [5.41, 5.74) is 3.03. The molecular weight excluding hydrogens is 496 g/mol. The molecule has 2 aliphatic heterocycles. The highest BCUT2D eigenvalue weighted by Gasteiger charge is 2.39. The second kappa shape index (κ2) is 10.9. The van der Waals surface area contributed by atoms with Crippen LogP contribution >= 0.6 is 0 Å². The summed E-state index contributed by atoms with van der Waals surface area (Å²) in [5.74, 6) is -1.15. The van der Waals surface area contributed by atoms with E-state index in [0.717, 1.165) is 35.0 Å². The first kappa shape index (κ1) is 27.3. The molecular formula is C26H36N4O6S. The summed E-state index contributed by atoms with van der Waals surface area (Å²) in [6.45, 7) is 4.61. The van der Waals surface area contributed by atoms with Crippen molar-refractivity contribution >= 4 is 21.9 Å². The molecule has 2 aliphatic rings. The van der Waals surface area contributed by atoms with Crippen LogP contribution in [0.3, 0.4) is 0 Å². The Balaban J connectivity index is 1.52. The number of hydrogen-bond acceptors (Lipinski definition) is 6. The summed E-state index contributed by atoms with van der Waals surface area (Å²) in [7, 11) is -0.775. The number of amides is 1. The molecule has 11 heteroatoms. The van der Waals surface area contributed by atoms with Crippen LogP contribution in [0.25, 0.3) is 0 Å². The van der Waals surface area contributed by atoms with Crippen LogP contribution in [0, 0.1) is 5.41 Å². The lowest BCUT2D eigenvalue weighted by molar-refractivity contribution is 0.0152. The summed E-state index contributed by atoms with van der Waals surface area (Å²) in [6.07, 6.45) is 4.99. The van der Waals surface area contributed by atoms with Gasteiger partial charge < -0.3 is 15.2 Å². The van der Waals surface area contributed by atoms with Crippen LogP contribution in [0.2, 0.25) is 0 Å². The van der Waals surface area contributed by atoms with E-state index in [4.69, 9.17) is 9.84 Å². The van der Waals surface area contributed by atoms with Crippen molar-refractivity contribution in [3.8, 4) is 0 Å². The molecule has 0 bridgehead atoms. The van der Waals surface area contributed by atoms with Gasteiger partial charge in [0.2, 0.25) is 10.0 Å². The Labute approximate surface area is 218 Å². The molecule has 1 amide bonds. The standard InChI is InChI=1S/C26H36N4O6S/c1-4-21-23-22(16-26(17-27-24(23)31)10-13-36-14-11-26)30(28-21)12-6-5-7-18-15-19(37(34,35)29(2)3)8-9-20(18)25(32)33/h8-9,15H,4-7,10-14,16-17H2,1-3H3,(H,27,31)(H,32,33). The summed E-state index contributed by atoms with van der Waals surface area (Å²) < 4.78 is 33.8. The van der Waals surface area contributed by atoms with Crippen LogP contribution in [0.1, 0.15) is 70.3 Å². The maximum Gasteiger partial charge on any atom is 0.335 e. The molecule has 1 fully saturated rings. The molecule has 2 N–H and O–H groups in total. The lowest BCUT2D eigenvalue weighted by atomic mass is 9.76. The Kier molecular flexibility index (Phi) is 8.05. The number of unbranched alkanes of at least 4 members (excludes halogenated alkanes) is 1. The van der Waals surface area contributed by atoms with E-state index in [9.17, 15) is 23.1 Å². The van der Waals surface area contributed by atoms with E-state index in [0.29, 0.717) is 63.1 Å². The number of rotatable bonds is 9. The molecule has 1 spiro atoms. The molecule has 202 valence electrons. The number of aromatic nitrogens is 2. The fourth-order valence-corrected chi connectivity index (χ4v) is 6.24. The molecule has 0 radical (unpaired) electrons. The predicted octanol–water partition coefficient (Wildman–Crippen LogP) is 2.50. The van der Waals surface area contributed by atoms with Gasteiger partial charge in [-0.1, -0.05) is 6.92 Å². The smallest absolute Gasteiger partial charge is 0.335 e. The Bertz CT molecular complexity index is 1280. The molecule has 0 aliphatic carbocycles. The van der Waals surface area contributed by atoms with Crippen molar-refractivity contribution in [1.29, 1.82) is 0 Å². The monoisotopic (exact) mass is 532 g/mol. The van der Waals surface area contributed by atoms with Gasteiger partial charge in [-0.3, -0.25) is 9.48 Å². The number of ether oxygens (including phenoxy) is 1. The Morgan fingerprint density at radius 1 is 1.24 bits per heavy atom. The van der Waals surface area contributed by atoms with Crippen LogP contribution in [-0.2, 0) is 40.6 Å². The van der Waals surface area contributed by atoms with Crippen LogP contribution in [0.15, 0.2) is 23.1 Å². The normalized spacial score (nSPS) is 17.5. The van der Waals surface area contributed by atoms with Crippen molar-refractivity contribution in [2.75, 3.05) is 33.9 Å². The number of carbonyl (C=O) groups excluding carboxylic acids is 1. The number of hydrogen-bond donors (Lipinski definition) is 2. The van der Waals surface area contributed by atoms with E-state index < -0.39 is 16.0 Å². The van der Waals surface area contributed by atoms with E-state index in [2.05, 4.69) is 5.32 Å². The van der Waals surface area contributed by atoms with Crippen LogP contribution in [0.5, 0.6) is 0 Å². The van der Waals surface area contributed by atoms with Crippen molar-refractivity contribution in [2.24, 2.45) is 5.41 Å². The number of carboxylic acid groups (broad SMARTS) is 1. The zero-order valence-corrected chi connectivity index (χ0v) is 22.6. The second-order valence-electron chi connectivity index (χ2n) is 10.2. The third kappa shape index (κ3) is 5.58. The maximum absolute atomic E-state index is 13.0. The van der Waals surface area contributed by atoms with Gasteiger partial charge in [-0.15, -0.1) is 0 Å². The molecule has 4 rings (SSSR count). The van der Waals surface area contributed by atoms with Crippen molar-refractivity contribution < 1.29 is 27.9 Å². The highest BCUT2D eigenvalue weighted by Crippen LogP contribution is 2.37. The molecule has 1 saturated heterocycles. The number of benzene rings is 1. The minimum absolute atomic E-state index is 0.0310. The first-order valence-corrected chi connectivity index (χ1v) is 14.3. The highest BCUT2D eigenvalue weighted by molar-refractivity contribution is 7.89. The van der Waals surface area contributed by atoms with Crippen molar-refractivity contribution in [2.45, 2.75) is 63.3 Å². The van der Waals surface area contributed by atoms with Gasteiger partial charge in [0.1, 0.15) is 0 Å². The van der Waals surface area contributed by atoms with Gasteiger partial charge in [0, 0.05) is 40.4 Å². The number of carbonyl (C=O) groups is 2. The van der Waals surface area contributed by atoms with Gasteiger partial charge in [-0.05, 0) is 74.1 Å². The van der Waals surface area contributed by atoms with Gasteiger partial charge >= 0.3 is 5.97 Å². The number of aromatic carboxylic acids is 1. The van der Waals surface area contributed by atoms with Crippen molar-refractivity contribution in [3.63, 3.8) is 0 Å². The SMILES string of the molecule is CCc1nn(CCCCc2cc(S(=O)(=O)N(C)C)ccc2C(=O)O)c2c1C(=O)NCC1(CCOCC1)C2. The Morgan fingerprint density at radius 2 is 1.97 bits per heavy atom. The zero-order chi connectivity index (χ0) is 26.8. The lowest BCUT2D eigenvalue weighted by Crippen LogP contribution is -2.40. The van der Waals surface area contributed by atoms with Gasteiger partial charge in [0.25, 0.3) is 5.91 Å². The number of nitrogens with one attached hydrogen (secondary N) is 1. The van der Waals surface area contributed by atoms with Crippen LogP contribution < -0.4 is 5.32 Å². The van der Waals surface area contributed by atoms with Crippen molar-refractivity contribution in [1.82, 2.24) is 19.4 Å². The first-order chi connectivity index (χ1) is 17.6. The molecule has 3 heterocycles. The van der Waals surface area contributed by atoms with Crippen LogP contribution in [0.4, 0.5) is 0 Å². The fraction of sp³-hybridized carbons (Fsp3) is 0.577. The number of nitrogens with zero attached hydrogens (tertiary/aromatic N) is 3. The van der Waals surface area contributed by atoms with Crippen molar-refractivity contribution in [3.05, 3.63) is 46.3 Å². The fourth-order valence-electron chi connectivity index (χ4n) is 5.29. The van der Waals surface area contributed by atoms with Gasteiger partial charge in [0.05, 0.1) is 27.4 Å². The van der Waals surface area contributed by atoms with E-state index in [1.54, 1.807) is 0 Å². The quantitative estimate of drug-likeness (QED) is 0.475. The molecule has 2 aromatic rings. The highest BCUT2D eigenvalue weighted by atomic mass is 32.2. The summed E-state index contributed by atoms with van der Waals surface area (Å²) >= 11 is 0. The topological polar surface area (TPSA) is 131 Å². The van der Waals surface area contributed by atoms with Gasteiger partial charge in [0.15, 0.2) is 0 Å². The lowest BCUT2D eigenvalue weighted by Gasteiger charge is -2.36. The largest absolute Gasteiger partial charge is 0.478 e. The summed E-state index contributed by atoms with van der Waals surface area (Å²) in [5, 5.41) is 17.5. The number of sulfonamides is 1. The number of fused-ring (bicyclic) bond motifs is 1. The van der Waals surface area contributed by atoms with Gasteiger partial charge in [-0.25, -0.2) is 17.5 Å². The molecule has 0 unspecified atom stereocenters. The van der Waals surface area contributed by atoms with E-state index >= 15 is 0 Å². The average Bonchev–Trinajstić information content (AvgIpc) is 3.15. The second-order valence-corrected chi connectivity index (χ2v) is 12.3. The molecule has 0 atom stereocenters. The van der Waals surface area contributed by atoms with E-state index in [1.807, 2.05) is 11.6 Å². The van der Waals surface area contributed by atoms with E-state index in [1.165, 1.54) is 32.3 Å². The first-order valence-electron chi connectivity index (χ1n) is 12.8. The number of carboxylic acids is 1.